The van der Waals surface area contributed by atoms with E-state index in [9.17, 15) is 28.2 Å². The fraction of sp³-hybridized carbons (Fsp3) is 0.412. The van der Waals surface area contributed by atoms with Crippen LogP contribution in [0.4, 0.5) is 4.79 Å². The van der Waals surface area contributed by atoms with E-state index in [0.717, 1.165) is 16.0 Å². The van der Waals surface area contributed by atoms with Gasteiger partial charge in [0, 0.05) is 24.0 Å². The number of carbonyl (C=O) groups is 2. The van der Waals surface area contributed by atoms with Crippen LogP contribution in [0, 0.1) is 0 Å². The standard InChI is InChI=1S/C34H45N3O7S/c1-24(2)37(45(42,43)30-20-18-26(22-38)19-21-30)29(23-39)17-11-12-25(3)36(34(41)44-4)33(40)32(35)31(27-13-7-5-8-14-27)28-15-9-6-10-16-28/h5-10,13-16,18-21,24-25,29,31-32,38-39H,11-12,17,22-23,35H2,1-4H3/t25-,29-,32-/m0/s1. The fourth-order valence-corrected chi connectivity index (χ4v) is 7.52. The van der Waals surface area contributed by atoms with Crippen LogP contribution in [0.25, 0.3) is 0 Å². The van der Waals surface area contributed by atoms with E-state index in [1.54, 1.807) is 32.9 Å². The molecule has 3 aromatic carbocycles. The number of benzene rings is 3. The lowest BCUT2D eigenvalue weighted by atomic mass is 9.84. The smallest absolute Gasteiger partial charge is 0.416 e. The lowest BCUT2D eigenvalue weighted by Crippen LogP contribution is -2.53. The highest BCUT2D eigenvalue weighted by molar-refractivity contribution is 7.89. The van der Waals surface area contributed by atoms with Crippen LogP contribution in [0.15, 0.2) is 89.8 Å². The number of imide groups is 1. The van der Waals surface area contributed by atoms with Crippen molar-refractivity contribution in [3.63, 3.8) is 0 Å². The third-order valence-corrected chi connectivity index (χ3v) is 10.1. The summed E-state index contributed by atoms with van der Waals surface area (Å²) in [6.07, 6.45) is 0.159. The molecule has 0 saturated heterocycles. The van der Waals surface area contributed by atoms with E-state index in [1.807, 2.05) is 60.7 Å². The summed E-state index contributed by atoms with van der Waals surface area (Å²) >= 11 is 0. The molecule has 4 N–H and O–H groups in total. The number of methoxy groups -OCH3 is 1. The summed E-state index contributed by atoms with van der Waals surface area (Å²) in [5, 5.41) is 19.6. The largest absolute Gasteiger partial charge is 0.452 e. The highest BCUT2D eigenvalue weighted by Gasteiger charge is 2.37. The molecule has 0 aliphatic carbocycles. The lowest BCUT2D eigenvalue weighted by molar-refractivity contribution is -0.132. The Morgan fingerprint density at radius 2 is 1.38 bits per heavy atom. The van der Waals surface area contributed by atoms with Crippen LogP contribution >= 0.6 is 0 Å². The summed E-state index contributed by atoms with van der Waals surface area (Å²) in [6.45, 7) is 4.57. The third-order valence-electron chi connectivity index (χ3n) is 7.93. The summed E-state index contributed by atoms with van der Waals surface area (Å²) in [5.41, 5.74) is 8.87. The molecule has 0 radical (unpaired) electrons. The summed E-state index contributed by atoms with van der Waals surface area (Å²) in [7, 11) is -2.77. The number of hydrogen-bond acceptors (Lipinski definition) is 8. The summed E-state index contributed by atoms with van der Waals surface area (Å²) < 4.78 is 33.5. The first-order chi connectivity index (χ1) is 21.5. The summed E-state index contributed by atoms with van der Waals surface area (Å²) in [5.74, 6) is -1.11. The minimum Gasteiger partial charge on any atom is -0.452 e. The van der Waals surface area contributed by atoms with Gasteiger partial charge in [-0.3, -0.25) is 4.79 Å². The van der Waals surface area contributed by atoms with Crippen molar-refractivity contribution in [3.8, 4) is 0 Å². The fourth-order valence-electron chi connectivity index (χ4n) is 5.68. The van der Waals surface area contributed by atoms with Crippen molar-refractivity contribution in [1.82, 2.24) is 9.21 Å². The van der Waals surface area contributed by atoms with Crippen LogP contribution in [-0.4, -0.2) is 77.7 Å². The van der Waals surface area contributed by atoms with E-state index in [0.29, 0.717) is 18.4 Å². The van der Waals surface area contributed by atoms with Crippen LogP contribution in [0.1, 0.15) is 62.6 Å². The first-order valence-corrected chi connectivity index (χ1v) is 16.5. The Morgan fingerprint density at radius 3 is 1.82 bits per heavy atom. The van der Waals surface area contributed by atoms with Crippen molar-refractivity contribution in [2.24, 2.45) is 5.73 Å². The number of rotatable bonds is 15. The average molecular weight is 640 g/mol. The maximum atomic E-state index is 13.9. The maximum absolute atomic E-state index is 13.9. The van der Waals surface area contributed by atoms with Crippen molar-refractivity contribution in [2.75, 3.05) is 13.7 Å². The number of ether oxygens (including phenoxy) is 1. The van der Waals surface area contributed by atoms with Crippen molar-refractivity contribution >= 4 is 22.0 Å². The first-order valence-electron chi connectivity index (χ1n) is 15.1. The number of aliphatic hydroxyl groups excluding tert-OH is 2. The normalized spacial score (nSPS) is 13.9. The molecule has 0 spiro atoms. The van der Waals surface area contributed by atoms with Crippen LogP contribution in [0.2, 0.25) is 0 Å². The molecule has 3 atom stereocenters. The third kappa shape index (κ3) is 8.77. The van der Waals surface area contributed by atoms with E-state index in [4.69, 9.17) is 10.5 Å². The highest BCUT2D eigenvalue weighted by atomic mass is 32.2. The number of sulfonamides is 1. The molecule has 0 heterocycles. The topological polar surface area (TPSA) is 150 Å². The van der Waals surface area contributed by atoms with Crippen molar-refractivity contribution in [1.29, 1.82) is 0 Å². The minimum atomic E-state index is -3.97. The monoisotopic (exact) mass is 639 g/mol. The maximum Gasteiger partial charge on any atom is 0.416 e. The molecule has 0 fully saturated rings. The van der Waals surface area contributed by atoms with Crippen molar-refractivity contribution in [3.05, 3.63) is 102 Å². The molecule has 2 amide bonds. The molecule has 0 saturated carbocycles. The van der Waals surface area contributed by atoms with Gasteiger partial charge in [-0.15, -0.1) is 0 Å². The molecule has 0 aromatic heterocycles. The van der Waals surface area contributed by atoms with Crippen LogP contribution in [0.3, 0.4) is 0 Å². The number of amides is 2. The van der Waals surface area contributed by atoms with Gasteiger partial charge >= 0.3 is 6.09 Å². The molecule has 0 unspecified atom stereocenters. The molecule has 0 bridgehead atoms. The molecule has 3 rings (SSSR count). The van der Waals surface area contributed by atoms with Gasteiger partial charge in [-0.2, -0.15) is 4.31 Å². The van der Waals surface area contributed by atoms with Gasteiger partial charge in [0.1, 0.15) is 0 Å². The second-order valence-corrected chi connectivity index (χ2v) is 13.2. The zero-order chi connectivity index (χ0) is 33.1. The minimum absolute atomic E-state index is 0.0584. The number of aliphatic hydroxyl groups is 2. The van der Waals surface area contributed by atoms with Crippen molar-refractivity contribution < 1.29 is 33.0 Å². The molecular formula is C34H45N3O7S. The molecular weight excluding hydrogens is 594 g/mol. The SMILES string of the molecule is COC(=O)N(C(=O)[C@@H](N)C(c1ccccc1)c1ccccc1)[C@@H](C)CCC[C@@H](CO)N(C(C)C)S(=O)(=O)c1ccc(CO)cc1. The van der Waals surface area contributed by atoms with Gasteiger partial charge in [0.2, 0.25) is 15.9 Å². The Balaban J connectivity index is 1.80. The second-order valence-electron chi connectivity index (χ2n) is 11.4. The van der Waals surface area contributed by atoms with E-state index in [2.05, 4.69) is 0 Å². The quantitative estimate of drug-likeness (QED) is 0.223. The molecule has 11 heteroatoms. The predicted octanol–water partition coefficient (Wildman–Crippen LogP) is 4.25. The van der Waals surface area contributed by atoms with Gasteiger partial charge in [-0.05, 0) is 68.9 Å². The Bertz CT molecular complexity index is 1430. The number of nitrogens with two attached hydrogens (primary N) is 1. The molecule has 45 heavy (non-hydrogen) atoms. The zero-order valence-corrected chi connectivity index (χ0v) is 27.1. The summed E-state index contributed by atoms with van der Waals surface area (Å²) in [6, 6.07) is 21.8. The van der Waals surface area contributed by atoms with E-state index in [1.165, 1.54) is 23.5 Å². The Hall–Kier alpha value is -3.61. The van der Waals surface area contributed by atoms with Gasteiger partial charge in [-0.1, -0.05) is 72.8 Å². The molecule has 10 nitrogen and oxygen atoms in total. The van der Waals surface area contributed by atoms with Gasteiger partial charge in [0.25, 0.3) is 0 Å². The second kappa shape index (κ2) is 16.6. The van der Waals surface area contributed by atoms with Gasteiger partial charge in [-0.25, -0.2) is 18.1 Å². The van der Waals surface area contributed by atoms with E-state index in [-0.39, 0.29) is 17.9 Å². The number of hydrogen-bond donors (Lipinski definition) is 3. The Morgan fingerprint density at radius 1 is 0.844 bits per heavy atom. The summed E-state index contributed by atoms with van der Waals surface area (Å²) in [4.78, 5) is 28.0. The van der Waals surface area contributed by atoms with Gasteiger partial charge < -0.3 is 20.7 Å². The van der Waals surface area contributed by atoms with Gasteiger partial charge in [0.15, 0.2) is 0 Å². The van der Waals surface area contributed by atoms with Crippen LogP contribution < -0.4 is 5.73 Å². The van der Waals surface area contributed by atoms with E-state index < -0.39 is 58.7 Å². The van der Waals surface area contributed by atoms with Crippen molar-refractivity contribution in [2.45, 2.75) is 81.6 Å². The highest BCUT2D eigenvalue weighted by Crippen LogP contribution is 2.30. The Labute approximate surface area is 266 Å². The Kier molecular flexibility index (Phi) is 13.3. The first kappa shape index (κ1) is 35.9. The molecule has 244 valence electrons. The van der Waals surface area contributed by atoms with Crippen LogP contribution in [-0.2, 0) is 26.2 Å². The van der Waals surface area contributed by atoms with E-state index >= 15 is 0 Å². The molecule has 3 aromatic rings. The molecule has 0 aliphatic rings. The lowest BCUT2D eigenvalue weighted by Gasteiger charge is -2.34. The molecule has 0 aliphatic heterocycles. The predicted molar refractivity (Wildman–Crippen MR) is 173 cm³/mol. The van der Waals surface area contributed by atoms with Gasteiger partial charge in [0.05, 0.1) is 31.3 Å². The number of carbonyl (C=O) groups excluding carboxylic acids is 2. The number of nitrogens with zero attached hydrogens (tertiary/aromatic N) is 2. The zero-order valence-electron chi connectivity index (χ0n) is 26.3. The van der Waals surface area contributed by atoms with Crippen LogP contribution in [0.5, 0.6) is 0 Å². The average Bonchev–Trinajstić information content (AvgIpc) is 3.04.